The fourth-order valence-electron chi connectivity index (χ4n) is 3.21. The maximum atomic E-state index is 12.3. The van der Waals surface area contributed by atoms with Gasteiger partial charge >= 0.3 is 0 Å². The lowest BCUT2D eigenvalue weighted by molar-refractivity contribution is -0.384. The average molecular weight is 348 g/mol. The van der Waals surface area contributed by atoms with Crippen LogP contribution >= 0.6 is 0 Å². The number of amides is 2. The highest BCUT2D eigenvalue weighted by Gasteiger charge is 2.38. The molecule has 136 valence electrons. The number of nitro benzene ring substituents is 1. The highest BCUT2D eigenvalue weighted by Crippen LogP contribution is 2.44. The van der Waals surface area contributed by atoms with Crippen molar-refractivity contribution in [1.29, 1.82) is 0 Å². The third-order valence-corrected chi connectivity index (χ3v) is 4.65. The first-order valence-electron chi connectivity index (χ1n) is 8.31. The highest BCUT2D eigenvalue weighted by molar-refractivity contribution is 5.81. The molecule has 0 heterocycles. The van der Waals surface area contributed by atoms with Crippen LogP contribution in [0.2, 0.25) is 0 Å². The van der Waals surface area contributed by atoms with Gasteiger partial charge in [0.2, 0.25) is 11.8 Å². The lowest BCUT2D eigenvalue weighted by atomic mass is 9.79. The van der Waals surface area contributed by atoms with Gasteiger partial charge in [0, 0.05) is 39.1 Å². The molecule has 0 aliphatic heterocycles. The van der Waals surface area contributed by atoms with E-state index in [0.717, 1.165) is 25.7 Å². The molecule has 1 aromatic carbocycles. The molecule has 2 rings (SSSR count). The van der Waals surface area contributed by atoms with E-state index in [1.54, 1.807) is 19.0 Å². The minimum absolute atomic E-state index is 0.0102. The van der Waals surface area contributed by atoms with Crippen LogP contribution < -0.4 is 10.9 Å². The van der Waals surface area contributed by atoms with E-state index in [1.807, 2.05) is 0 Å². The predicted octanol–water partition coefficient (Wildman–Crippen LogP) is 2.47. The lowest BCUT2D eigenvalue weighted by Crippen LogP contribution is -2.37. The van der Waals surface area contributed by atoms with Gasteiger partial charge in [-0.3, -0.25) is 30.6 Å². The molecule has 8 nitrogen and oxygen atoms in total. The number of hydrogen-bond donors (Lipinski definition) is 2. The Balaban J connectivity index is 1.91. The Morgan fingerprint density at radius 1 is 1.16 bits per heavy atom. The quantitative estimate of drug-likeness (QED) is 0.582. The molecule has 2 amide bonds. The van der Waals surface area contributed by atoms with Crippen molar-refractivity contribution in [1.82, 2.24) is 10.3 Å². The zero-order valence-electron chi connectivity index (χ0n) is 14.6. The van der Waals surface area contributed by atoms with Gasteiger partial charge in [-0.25, -0.2) is 0 Å². The Morgan fingerprint density at radius 2 is 1.76 bits per heavy atom. The van der Waals surface area contributed by atoms with Crippen LogP contribution in [0.1, 0.15) is 38.5 Å². The Hall–Kier alpha value is -2.64. The van der Waals surface area contributed by atoms with Crippen LogP contribution in [0.4, 0.5) is 11.4 Å². The monoisotopic (exact) mass is 348 g/mol. The van der Waals surface area contributed by atoms with Crippen molar-refractivity contribution >= 4 is 23.2 Å². The molecule has 25 heavy (non-hydrogen) atoms. The third-order valence-electron chi connectivity index (χ3n) is 4.65. The van der Waals surface area contributed by atoms with Gasteiger partial charge in [0.25, 0.3) is 5.69 Å². The van der Waals surface area contributed by atoms with Crippen LogP contribution in [0.5, 0.6) is 0 Å². The van der Waals surface area contributed by atoms with Gasteiger partial charge in [0.1, 0.15) is 0 Å². The van der Waals surface area contributed by atoms with Gasteiger partial charge in [-0.1, -0.05) is 12.8 Å². The normalized spacial score (nSPS) is 15.4. The third kappa shape index (κ3) is 5.17. The van der Waals surface area contributed by atoms with Crippen molar-refractivity contribution in [2.45, 2.75) is 38.5 Å². The summed E-state index contributed by atoms with van der Waals surface area (Å²) in [5, 5.41) is 10.6. The molecule has 0 spiro atoms. The van der Waals surface area contributed by atoms with Gasteiger partial charge in [-0.15, -0.1) is 0 Å². The first-order valence-corrected chi connectivity index (χ1v) is 8.31. The molecule has 0 unspecified atom stereocenters. The topological polar surface area (TPSA) is 105 Å². The zero-order valence-corrected chi connectivity index (χ0v) is 14.6. The maximum Gasteiger partial charge on any atom is 0.269 e. The van der Waals surface area contributed by atoms with E-state index in [4.69, 9.17) is 0 Å². The molecular formula is C17H24N4O4. The van der Waals surface area contributed by atoms with E-state index >= 15 is 0 Å². The molecule has 0 atom stereocenters. The number of rotatable bonds is 7. The summed E-state index contributed by atoms with van der Waals surface area (Å²) >= 11 is 0. The minimum Gasteiger partial charge on any atom is -0.349 e. The molecule has 1 saturated carbocycles. The second-order valence-corrected chi connectivity index (χ2v) is 6.83. The van der Waals surface area contributed by atoms with Crippen molar-refractivity contribution in [3.05, 3.63) is 34.4 Å². The van der Waals surface area contributed by atoms with Crippen molar-refractivity contribution in [3.63, 3.8) is 0 Å². The summed E-state index contributed by atoms with van der Waals surface area (Å²) in [5.74, 6) is -0.148. The molecule has 1 aliphatic carbocycles. The predicted molar refractivity (Wildman–Crippen MR) is 93.7 cm³/mol. The number of hydrogen-bond acceptors (Lipinski definition) is 5. The summed E-state index contributed by atoms with van der Waals surface area (Å²) in [5.41, 5.74) is 5.65. The maximum absolute atomic E-state index is 12.3. The van der Waals surface area contributed by atoms with Crippen molar-refractivity contribution in [2.75, 3.05) is 19.5 Å². The summed E-state index contributed by atoms with van der Waals surface area (Å²) in [6.45, 7) is 0. The number of nitrogens with one attached hydrogen (secondary N) is 2. The van der Waals surface area contributed by atoms with Crippen LogP contribution in [0.15, 0.2) is 24.3 Å². The van der Waals surface area contributed by atoms with E-state index in [9.17, 15) is 19.7 Å². The summed E-state index contributed by atoms with van der Waals surface area (Å²) < 4.78 is 0. The number of nitro groups is 1. The van der Waals surface area contributed by atoms with Crippen molar-refractivity contribution in [3.8, 4) is 0 Å². The summed E-state index contributed by atoms with van der Waals surface area (Å²) in [4.78, 5) is 36.1. The average Bonchev–Trinajstić information content (AvgIpc) is 3.01. The second kappa shape index (κ2) is 7.96. The number of benzene rings is 1. The standard InChI is InChI=1S/C17H24N4O4/c1-20(2)16(23)12-17(9-3-4-10-17)11-15(22)19-18-13-5-7-14(8-6-13)21(24)25/h5-8,18H,3-4,9-12H2,1-2H3,(H,19,22). The Labute approximate surface area is 146 Å². The Morgan fingerprint density at radius 3 is 2.28 bits per heavy atom. The molecule has 0 aromatic heterocycles. The van der Waals surface area contributed by atoms with Crippen LogP contribution in [-0.2, 0) is 9.59 Å². The molecule has 0 bridgehead atoms. The second-order valence-electron chi connectivity index (χ2n) is 6.83. The molecule has 8 heteroatoms. The summed E-state index contributed by atoms with van der Waals surface area (Å²) in [6.07, 6.45) is 4.47. The molecule has 0 saturated heterocycles. The number of nitrogens with zero attached hydrogens (tertiary/aromatic N) is 2. The van der Waals surface area contributed by atoms with E-state index in [-0.39, 0.29) is 29.3 Å². The molecule has 1 fully saturated rings. The van der Waals surface area contributed by atoms with Gasteiger partial charge in [0.15, 0.2) is 0 Å². The smallest absolute Gasteiger partial charge is 0.269 e. The lowest BCUT2D eigenvalue weighted by Gasteiger charge is -2.29. The fraction of sp³-hybridized carbons (Fsp3) is 0.529. The SMILES string of the molecule is CN(C)C(=O)CC1(CC(=O)NNc2ccc([N+](=O)[O-])cc2)CCCC1. The van der Waals surface area contributed by atoms with Crippen LogP contribution in [0.3, 0.4) is 0 Å². The van der Waals surface area contributed by atoms with Gasteiger partial charge in [0.05, 0.1) is 10.6 Å². The molecule has 0 radical (unpaired) electrons. The molecular weight excluding hydrogens is 324 g/mol. The molecule has 2 N–H and O–H groups in total. The van der Waals surface area contributed by atoms with E-state index in [1.165, 1.54) is 24.3 Å². The number of hydrazine groups is 1. The first-order chi connectivity index (χ1) is 11.8. The minimum atomic E-state index is -0.478. The number of carbonyl (C=O) groups excluding carboxylic acids is 2. The van der Waals surface area contributed by atoms with Gasteiger partial charge in [-0.2, -0.15) is 0 Å². The number of anilines is 1. The van der Waals surface area contributed by atoms with Crippen LogP contribution in [0, 0.1) is 15.5 Å². The number of non-ortho nitro benzene ring substituents is 1. The van der Waals surface area contributed by atoms with Crippen LogP contribution in [0.25, 0.3) is 0 Å². The van der Waals surface area contributed by atoms with Gasteiger partial charge < -0.3 is 4.90 Å². The Kier molecular flexibility index (Phi) is 5.95. The summed E-state index contributed by atoms with van der Waals surface area (Å²) in [7, 11) is 3.45. The van der Waals surface area contributed by atoms with Gasteiger partial charge in [-0.05, 0) is 30.4 Å². The first kappa shape index (κ1) is 18.7. The van der Waals surface area contributed by atoms with Crippen LogP contribution in [-0.4, -0.2) is 35.7 Å². The highest BCUT2D eigenvalue weighted by atomic mass is 16.6. The summed E-state index contributed by atoms with van der Waals surface area (Å²) in [6, 6.07) is 5.78. The van der Waals surface area contributed by atoms with Crippen molar-refractivity contribution in [2.24, 2.45) is 5.41 Å². The zero-order chi connectivity index (χ0) is 18.4. The van der Waals surface area contributed by atoms with E-state index < -0.39 is 4.92 Å². The molecule has 1 aliphatic rings. The van der Waals surface area contributed by atoms with E-state index in [0.29, 0.717) is 12.1 Å². The largest absolute Gasteiger partial charge is 0.349 e. The number of carbonyl (C=O) groups is 2. The van der Waals surface area contributed by atoms with E-state index in [2.05, 4.69) is 10.9 Å². The fourth-order valence-corrected chi connectivity index (χ4v) is 3.21. The molecule has 1 aromatic rings. The van der Waals surface area contributed by atoms with Crippen molar-refractivity contribution < 1.29 is 14.5 Å². The Bertz CT molecular complexity index is 637.